The fourth-order valence-electron chi connectivity index (χ4n) is 3.66. The van der Waals surface area contributed by atoms with E-state index in [4.69, 9.17) is 12.5 Å². The van der Waals surface area contributed by atoms with Crippen LogP contribution in [0.3, 0.4) is 0 Å². The summed E-state index contributed by atoms with van der Waals surface area (Å²) in [7, 11) is 0. The standard InChI is InChI=1S/C29H30INO7/c1-2-3-4-5-6-19-36-24-13-9-22(10-14-24)29(35)37-25-17-11-23(12-18-25)31(20-27(32)33)28(34)21-7-15-26(38-30)16-8-21/h7-18H,2-6,19-20H2,1H3,(H,32,33). The number of rotatable bonds is 14. The second-order valence-corrected chi connectivity index (χ2v) is 9.00. The number of unbranched alkanes of at least 4 members (excludes halogenated alkanes) is 4. The van der Waals surface area contributed by atoms with E-state index in [1.807, 2.05) is 0 Å². The number of esters is 1. The van der Waals surface area contributed by atoms with Crippen LogP contribution in [0.2, 0.25) is 0 Å². The molecule has 0 heterocycles. The number of carbonyl (C=O) groups is 3. The van der Waals surface area contributed by atoms with E-state index in [0.717, 1.165) is 17.7 Å². The van der Waals surface area contributed by atoms with Gasteiger partial charge < -0.3 is 17.6 Å². The summed E-state index contributed by atoms with van der Waals surface area (Å²) in [6.07, 6.45) is 5.79. The van der Waals surface area contributed by atoms with Crippen LogP contribution in [0, 0.1) is 0 Å². The van der Waals surface area contributed by atoms with Crippen LogP contribution in [0.25, 0.3) is 0 Å². The Bertz CT molecular complexity index is 1200. The first-order valence-electron chi connectivity index (χ1n) is 12.4. The quantitative estimate of drug-likeness (QED) is 0.0913. The van der Waals surface area contributed by atoms with Crippen molar-refractivity contribution in [2.75, 3.05) is 18.1 Å². The van der Waals surface area contributed by atoms with Gasteiger partial charge in [0.1, 0.15) is 23.8 Å². The predicted octanol–water partition coefficient (Wildman–Crippen LogP) is 6.72. The van der Waals surface area contributed by atoms with Crippen LogP contribution in [0.1, 0.15) is 59.7 Å². The molecule has 8 nitrogen and oxygen atoms in total. The molecule has 0 aliphatic rings. The van der Waals surface area contributed by atoms with Gasteiger partial charge in [-0.15, -0.1) is 0 Å². The largest absolute Gasteiger partial charge is 0.494 e. The normalized spacial score (nSPS) is 10.5. The lowest BCUT2D eigenvalue weighted by Crippen LogP contribution is -2.35. The Morgan fingerprint density at radius 2 is 1.34 bits per heavy atom. The van der Waals surface area contributed by atoms with E-state index < -0.39 is 24.4 Å². The number of carbonyl (C=O) groups excluding carboxylic acids is 2. The van der Waals surface area contributed by atoms with Crippen LogP contribution >= 0.6 is 23.0 Å². The fourth-order valence-corrected chi connectivity index (χ4v) is 3.96. The SMILES string of the molecule is CCCCCCCOc1ccc(C(=O)Oc2ccc(N(CC(=O)O)C(=O)c3ccc(OI)cc3)cc2)cc1. The smallest absolute Gasteiger partial charge is 0.343 e. The molecule has 0 saturated heterocycles. The lowest BCUT2D eigenvalue weighted by atomic mass is 10.1. The second-order valence-electron chi connectivity index (χ2n) is 8.56. The van der Waals surface area contributed by atoms with Crippen LogP contribution in [-0.4, -0.2) is 36.1 Å². The molecule has 0 fully saturated rings. The maximum Gasteiger partial charge on any atom is 0.343 e. The minimum absolute atomic E-state index is 0.262. The van der Waals surface area contributed by atoms with Crippen molar-refractivity contribution in [1.82, 2.24) is 0 Å². The van der Waals surface area contributed by atoms with Crippen LogP contribution in [0.15, 0.2) is 72.8 Å². The first kappa shape index (κ1) is 29.0. The van der Waals surface area contributed by atoms with Crippen LogP contribution in [0.5, 0.6) is 17.2 Å². The van der Waals surface area contributed by atoms with Gasteiger partial charge in [0.05, 0.1) is 12.2 Å². The first-order chi connectivity index (χ1) is 18.4. The molecule has 1 N–H and O–H groups in total. The molecule has 0 unspecified atom stereocenters. The zero-order chi connectivity index (χ0) is 27.3. The molecule has 3 rings (SSSR count). The molecule has 0 saturated carbocycles. The van der Waals surface area contributed by atoms with Crippen molar-refractivity contribution in [3.8, 4) is 17.2 Å². The lowest BCUT2D eigenvalue weighted by Gasteiger charge is -2.21. The summed E-state index contributed by atoms with van der Waals surface area (Å²) in [4.78, 5) is 38.2. The minimum atomic E-state index is -1.16. The molecule has 0 aliphatic carbocycles. The number of benzene rings is 3. The summed E-state index contributed by atoms with van der Waals surface area (Å²) >= 11 is 1.73. The molecule has 0 radical (unpaired) electrons. The number of hydrogen-bond acceptors (Lipinski definition) is 6. The number of nitrogens with zero attached hydrogens (tertiary/aromatic N) is 1. The molecule has 200 valence electrons. The molecular formula is C29H30INO7. The fraction of sp³-hybridized carbons (Fsp3) is 0.276. The van der Waals surface area contributed by atoms with Crippen LogP contribution in [-0.2, 0) is 4.79 Å². The average molecular weight is 631 g/mol. The van der Waals surface area contributed by atoms with E-state index in [9.17, 15) is 19.5 Å². The summed E-state index contributed by atoms with van der Waals surface area (Å²) < 4.78 is 16.3. The Morgan fingerprint density at radius 1 is 0.763 bits per heavy atom. The summed E-state index contributed by atoms with van der Waals surface area (Å²) in [5.41, 5.74) is 1.02. The van der Waals surface area contributed by atoms with Crippen molar-refractivity contribution in [3.63, 3.8) is 0 Å². The first-order valence-corrected chi connectivity index (χ1v) is 13.3. The molecule has 3 aromatic carbocycles. The van der Waals surface area contributed by atoms with Gasteiger partial charge in [-0.2, -0.15) is 0 Å². The van der Waals surface area contributed by atoms with Crippen LogP contribution in [0.4, 0.5) is 5.69 Å². The molecule has 0 bridgehead atoms. The lowest BCUT2D eigenvalue weighted by molar-refractivity contribution is -0.135. The highest BCUT2D eigenvalue weighted by Crippen LogP contribution is 2.24. The van der Waals surface area contributed by atoms with E-state index >= 15 is 0 Å². The van der Waals surface area contributed by atoms with Gasteiger partial charge in [0.25, 0.3) is 5.91 Å². The molecule has 0 aromatic heterocycles. The van der Waals surface area contributed by atoms with E-state index in [0.29, 0.717) is 34.9 Å². The summed E-state index contributed by atoms with van der Waals surface area (Å²) in [5, 5.41) is 9.34. The van der Waals surface area contributed by atoms with Gasteiger partial charge in [-0.05, 0) is 79.2 Å². The molecule has 9 heteroatoms. The second kappa shape index (κ2) is 15.0. The number of carboxylic acid groups (broad SMARTS) is 1. The number of carboxylic acids is 1. The maximum atomic E-state index is 13.0. The average Bonchev–Trinajstić information content (AvgIpc) is 2.94. The highest BCUT2D eigenvalue weighted by Gasteiger charge is 2.21. The van der Waals surface area contributed by atoms with Crippen molar-refractivity contribution in [3.05, 3.63) is 83.9 Å². The predicted molar refractivity (Wildman–Crippen MR) is 152 cm³/mol. The van der Waals surface area contributed by atoms with E-state index in [-0.39, 0.29) is 5.75 Å². The van der Waals surface area contributed by atoms with Crippen molar-refractivity contribution in [1.29, 1.82) is 0 Å². The monoisotopic (exact) mass is 631 g/mol. The van der Waals surface area contributed by atoms with Gasteiger partial charge in [-0.25, -0.2) is 4.79 Å². The van der Waals surface area contributed by atoms with Gasteiger partial charge >= 0.3 is 11.9 Å². The number of amides is 1. The third-order valence-electron chi connectivity index (χ3n) is 5.69. The molecule has 1 amide bonds. The van der Waals surface area contributed by atoms with Crippen molar-refractivity contribution < 1.29 is 32.0 Å². The Kier molecular flexibility index (Phi) is 11.4. The highest BCUT2D eigenvalue weighted by atomic mass is 127. The third kappa shape index (κ3) is 8.76. The maximum absolute atomic E-state index is 13.0. The zero-order valence-corrected chi connectivity index (χ0v) is 23.3. The molecule has 0 atom stereocenters. The Hall–Kier alpha value is -3.60. The Labute approximate surface area is 236 Å². The third-order valence-corrected chi connectivity index (χ3v) is 6.20. The van der Waals surface area contributed by atoms with E-state index in [1.54, 1.807) is 71.5 Å². The number of halogens is 1. The van der Waals surface area contributed by atoms with E-state index in [2.05, 4.69) is 6.92 Å². The number of aliphatic carboxylic acids is 1. The van der Waals surface area contributed by atoms with Crippen molar-refractivity contribution in [2.24, 2.45) is 0 Å². The molecular weight excluding hydrogens is 601 g/mol. The molecule has 0 aliphatic heterocycles. The van der Waals surface area contributed by atoms with Gasteiger partial charge in [0, 0.05) is 11.3 Å². The van der Waals surface area contributed by atoms with Gasteiger partial charge in [-0.3, -0.25) is 14.5 Å². The van der Waals surface area contributed by atoms with Crippen LogP contribution < -0.4 is 17.4 Å². The molecule has 3 aromatic rings. The Morgan fingerprint density at radius 3 is 1.95 bits per heavy atom. The highest BCUT2D eigenvalue weighted by molar-refractivity contribution is 14.1. The minimum Gasteiger partial charge on any atom is -0.494 e. The summed E-state index contributed by atoms with van der Waals surface area (Å²) in [6, 6.07) is 19.2. The molecule has 0 spiro atoms. The Balaban J connectivity index is 1.60. The van der Waals surface area contributed by atoms with E-state index in [1.165, 1.54) is 43.5 Å². The van der Waals surface area contributed by atoms with Crippen molar-refractivity contribution in [2.45, 2.75) is 39.0 Å². The summed E-state index contributed by atoms with van der Waals surface area (Å²) in [5.74, 6) is -0.665. The molecule has 38 heavy (non-hydrogen) atoms. The topological polar surface area (TPSA) is 102 Å². The van der Waals surface area contributed by atoms with Gasteiger partial charge in [0.2, 0.25) is 0 Å². The van der Waals surface area contributed by atoms with Crippen molar-refractivity contribution >= 4 is 46.5 Å². The van der Waals surface area contributed by atoms with Gasteiger partial charge in [-0.1, -0.05) is 32.6 Å². The number of ether oxygens (including phenoxy) is 2. The zero-order valence-electron chi connectivity index (χ0n) is 21.1. The number of hydrogen-bond donors (Lipinski definition) is 1. The summed E-state index contributed by atoms with van der Waals surface area (Å²) in [6.45, 7) is 2.29. The van der Waals surface area contributed by atoms with Gasteiger partial charge in [0.15, 0.2) is 23.0 Å². The number of anilines is 1.